The van der Waals surface area contributed by atoms with Gasteiger partial charge >= 0.3 is 0 Å². The Morgan fingerprint density at radius 2 is 2.28 bits per heavy atom. The molecule has 1 aliphatic rings. The summed E-state index contributed by atoms with van der Waals surface area (Å²) in [5.74, 6) is 0.824. The predicted molar refractivity (Wildman–Crippen MR) is 79.4 cm³/mol. The van der Waals surface area contributed by atoms with Crippen LogP contribution in [0.4, 0.5) is 0 Å². The zero-order valence-corrected chi connectivity index (χ0v) is 12.6. The Hall–Kier alpha value is -0.250. The van der Waals surface area contributed by atoms with Crippen LogP contribution in [0.2, 0.25) is 5.02 Å². The van der Waals surface area contributed by atoms with Gasteiger partial charge in [0.25, 0.3) is 0 Å². The van der Waals surface area contributed by atoms with E-state index in [0.29, 0.717) is 16.3 Å². The average molecular weight is 285 g/mol. The molecule has 0 bridgehead atoms. The maximum atomic E-state index is 5.87. The third-order valence-corrected chi connectivity index (χ3v) is 5.02. The lowest BCUT2D eigenvalue weighted by atomic mass is 9.87. The van der Waals surface area contributed by atoms with Gasteiger partial charge in [0, 0.05) is 17.5 Å². The molecule has 1 saturated carbocycles. The van der Waals surface area contributed by atoms with Crippen LogP contribution < -0.4 is 5.32 Å². The van der Waals surface area contributed by atoms with Gasteiger partial charge in [0.1, 0.15) is 0 Å². The molecule has 0 spiro atoms. The highest BCUT2D eigenvalue weighted by Gasteiger charge is 2.28. The summed E-state index contributed by atoms with van der Waals surface area (Å²) >= 11 is 7.76. The molecule has 18 heavy (non-hydrogen) atoms. The maximum absolute atomic E-state index is 5.87. The molecule has 1 heterocycles. The number of halogens is 1. The smallest absolute Gasteiger partial charge is 0.0964 e. The third-order valence-electron chi connectivity index (χ3n) is 3.49. The van der Waals surface area contributed by atoms with Gasteiger partial charge in [0.15, 0.2) is 0 Å². The first-order valence-corrected chi connectivity index (χ1v) is 7.96. The van der Waals surface area contributed by atoms with Crippen LogP contribution >= 0.6 is 23.4 Å². The Morgan fingerprint density at radius 1 is 1.44 bits per heavy atom. The molecule has 1 aromatic heterocycles. The van der Waals surface area contributed by atoms with Gasteiger partial charge in [0.2, 0.25) is 0 Å². The van der Waals surface area contributed by atoms with E-state index in [2.05, 4.69) is 24.1 Å². The number of hydrogen-bond acceptors (Lipinski definition) is 3. The van der Waals surface area contributed by atoms with E-state index in [-0.39, 0.29) is 0 Å². The van der Waals surface area contributed by atoms with Crippen molar-refractivity contribution in [3.8, 4) is 0 Å². The molecule has 3 unspecified atom stereocenters. The third kappa shape index (κ3) is 3.87. The lowest BCUT2D eigenvalue weighted by molar-refractivity contribution is 0.320. The molecular weight excluding hydrogens is 264 g/mol. The molecule has 4 heteroatoms. The van der Waals surface area contributed by atoms with E-state index >= 15 is 0 Å². The molecule has 1 fully saturated rings. The first-order valence-electron chi connectivity index (χ1n) is 6.70. The fourth-order valence-corrected chi connectivity index (χ4v) is 4.05. The lowest BCUT2D eigenvalue weighted by Gasteiger charge is -2.34. The van der Waals surface area contributed by atoms with Crippen LogP contribution in [0.1, 0.15) is 33.1 Å². The summed E-state index contributed by atoms with van der Waals surface area (Å²) in [5, 5.41) is 6.03. The standard InChI is InChI=1S/C14H21ClN2S/c1-3-16-12-6-4-10(2)8-13(12)18-14-7-5-11(15)9-17-14/h5,7,9-10,12-13,16H,3-4,6,8H2,1-2H3. The van der Waals surface area contributed by atoms with Gasteiger partial charge in [-0.15, -0.1) is 11.8 Å². The van der Waals surface area contributed by atoms with Crippen LogP contribution in [0.5, 0.6) is 0 Å². The first kappa shape index (κ1) is 14.2. The highest BCUT2D eigenvalue weighted by Crippen LogP contribution is 2.35. The molecule has 0 aliphatic heterocycles. The van der Waals surface area contributed by atoms with E-state index in [0.717, 1.165) is 17.5 Å². The zero-order chi connectivity index (χ0) is 13.0. The molecule has 2 rings (SSSR count). The minimum Gasteiger partial charge on any atom is -0.313 e. The highest BCUT2D eigenvalue weighted by atomic mass is 35.5. The van der Waals surface area contributed by atoms with Gasteiger partial charge in [-0.1, -0.05) is 25.4 Å². The SMILES string of the molecule is CCNC1CCC(C)CC1Sc1ccc(Cl)cn1. The quantitative estimate of drug-likeness (QED) is 0.905. The highest BCUT2D eigenvalue weighted by molar-refractivity contribution is 7.99. The van der Waals surface area contributed by atoms with Crippen molar-refractivity contribution >= 4 is 23.4 Å². The minimum atomic E-state index is 0.619. The van der Waals surface area contributed by atoms with Crippen molar-refractivity contribution in [1.82, 2.24) is 10.3 Å². The van der Waals surface area contributed by atoms with Gasteiger partial charge in [-0.05, 0) is 43.9 Å². The van der Waals surface area contributed by atoms with Crippen molar-refractivity contribution in [2.75, 3.05) is 6.54 Å². The van der Waals surface area contributed by atoms with Gasteiger partial charge in [-0.2, -0.15) is 0 Å². The van der Waals surface area contributed by atoms with Gasteiger partial charge in [-0.25, -0.2) is 4.98 Å². The van der Waals surface area contributed by atoms with Gasteiger partial charge < -0.3 is 5.32 Å². The number of aromatic nitrogens is 1. The van der Waals surface area contributed by atoms with Crippen molar-refractivity contribution in [1.29, 1.82) is 0 Å². The van der Waals surface area contributed by atoms with E-state index in [1.807, 2.05) is 23.9 Å². The van der Waals surface area contributed by atoms with E-state index in [9.17, 15) is 0 Å². The molecule has 1 aromatic rings. The normalized spacial score (nSPS) is 28.3. The Kier molecular flexibility index (Phi) is 5.34. The molecule has 0 aromatic carbocycles. The molecular formula is C14H21ClN2S. The fourth-order valence-electron chi connectivity index (χ4n) is 2.54. The number of nitrogens with zero attached hydrogens (tertiary/aromatic N) is 1. The Labute approximate surface area is 119 Å². The molecule has 0 saturated heterocycles. The Balaban J connectivity index is 2.01. The van der Waals surface area contributed by atoms with E-state index in [1.54, 1.807) is 6.20 Å². The molecule has 2 nitrogen and oxygen atoms in total. The van der Waals surface area contributed by atoms with E-state index < -0.39 is 0 Å². The van der Waals surface area contributed by atoms with Crippen molar-refractivity contribution in [3.05, 3.63) is 23.4 Å². The number of rotatable bonds is 4. The first-order chi connectivity index (χ1) is 8.69. The van der Waals surface area contributed by atoms with Crippen LogP contribution in [0.15, 0.2) is 23.4 Å². The largest absolute Gasteiger partial charge is 0.313 e. The molecule has 3 atom stereocenters. The second kappa shape index (κ2) is 6.78. The zero-order valence-electron chi connectivity index (χ0n) is 11.0. The molecule has 0 amide bonds. The van der Waals surface area contributed by atoms with Crippen LogP contribution in [0.25, 0.3) is 0 Å². The predicted octanol–water partition coefficient (Wildman–Crippen LogP) is 3.99. The van der Waals surface area contributed by atoms with Crippen molar-refractivity contribution in [2.24, 2.45) is 5.92 Å². The number of nitrogens with one attached hydrogen (secondary N) is 1. The van der Waals surface area contributed by atoms with Crippen molar-refractivity contribution in [3.63, 3.8) is 0 Å². The summed E-state index contributed by atoms with van der Waals surface area (Å²) in [6, 6.07) is 4.56. The molecule has 0 radical (unpaired) electrons. The summed E-state index contributed by atoms with van der Waals surface area (Å²) in [7, 11) is 0. The van der Waals surface area contributed by atoms with Gasteiger partial charge in [-0.3, -0.25) is 0 Å². The molecule has 100 valence electrons. The monoisotopic (exact) mass is 284 g/mol. The minimum absolute atomic E-state index is 0.619. The van der Waals surface area contributed by atoms with Gasteiger partial charge in [0.05, 0.1) is 10.0 Å². The summed E-state index contributed by atoms with van der Waals surface area (Å²) in [6.07, 6.45) is 5.62. The average Bonchev–Trinajstić information content (AvgIpc) is 2.36. The summed E-state index contributed by atoms with van der Waals surface area (Å²) in [6.45, 7) is 5.58. The summed E-state index contributed by atoms with van der Waals surface area (Å²) in [5.41, 5.74) is 0. The van der Waals surface area contributed by atoms with E-state index in [4.69, 9.17) is 11.6 Å². The maximum Gasteiger partial charge on any atom is 0.0964 e. The second-order valence-corrected chi connectivity index (χ2v) is 6.75. The number of hydrogen-bond donors (Lipinski definition) is 1. The Bertz CT molecular complexity index is 369. The van der Waals surface area contributed by atoms with Crippen molar-refractivity contribution in [2.45, 2.75) is 49.4 Å². The summed E-state index contributed by atoms with van der Waals surface area (Å²) in [4.78, 5) is 4.40. The van der Waals surface area contributed by atoms with Crippen LogP contribution in [-0.4, -0.2) is 22.8 Å². The van der Waals surface area contributed by atoms with Crippen molar-refractivity contribution < 1.29 is 0 Å². The number of pyridine rings is 1. The fraction of sp³-hybridized carbons (Fsp3) is 0.643. The lowest BCUT2D eigenvalue weighted by Crippen LogP contribution is -2.42. The topological polar surface area (TPSA) is 24.9 Å². The van der Waals surface area contributed by atoms with Crippen LogP contribution in [-0.2, 0) is 0 Å². The van der Waals surface area contributed by atoms with Crippen LogP contribution in [0.3, 0.4) is 0 Å². The summed E-state index contributed by atoms with van der Waals surface area (Å²) < 4.78 is 0. The Morgan fingerprint density at radius 3 is 2.94 bits per heavy atom. The molecule has 1 N–H and O–H groups in total. The number of thioether (sulfide) groups is 1. The van der Waals surface area contributed by atoms with E-state index in [1.165, 1.54) is 19.3 Å². The molecule has 1 aliphatic carbocycles. The van der Waals surface area contributed by atoms with Crippen LogP contribution in [0, 0.1) is 5.92 Å². The second-order valence-electron chi connectivity index (χ2n) is 5.05.